The summed E-state index contributed by atoms with van der Waals surface area (Å²) in [6, 6.07) is 0. The Morgan fingerprint density at radius 2 is 2.00 bits per heavy atom. The third kappa shape index (κ3) is 8.21. The summed E-state index contributed by atoms with van der Waals surface area (Å²) in [4.78, 5) is 9.30. The molecule has 0 aromatic rings. The summed E-state index contributed by atoms with van der Waals surface area (Å²) in [5.74, 6) is 0.965. The second kappa shape index (κ2) is 12.5. The third-order valence-corrected chi connectivity index (χ3v) is 3.84. The first-order chi connectivity index (χ1) is 9.71. The molecule has 1 fully saturated rings. The van der Waals surface area contributed by atoms with Gasteiger partial charge in [0, 0.05) is 26.2 Å². The fourth-order valence-corrected chi connectivity index (χ4v) is 2.53. The molecule has 1 rings (SSSR count). The number of unbranched alkanes of at least 4 members (excludes halogenated alkanes) is 1. The SMILES string of the molecule is CCNC(=NCCCCN(CC)CC)N1CC[C@@H](O)C1.I. The molecule has 2 N–H and O–H groups in total. The van der Waals surface area contributed by atoms with Crippen molar-refractivity contribution in [3.8, 4) is 0 Å². The molecule has 5 nitrogen and oxygen atoms in total. The Bertz CT molecular complexity index is 285. The highest BCUT2D eigenvalue weighted by atomic mass is 127. The lowest BCUT2D eigenvalue weighted by atomic mass is 10.3. The smallest absolute Gasteiger partial charge is 0.194 e. The van der Waals surface area contributed by atoms with Crippen molar-refractivity contribution in [1.82, 2.24) is 15.1 Å². The lowest BCUT2D eigenvalue weighted by molar-refractivity contribution is 0.188. The number of aliphatic hydroxyl groups is 1. The molecule has 1 atom stereocenters. The molecule has 0 bridgehead atoms. The van der Waals surface area contributed by atoms with Crippen LogP contribution in [0.5, 0.6) is 0 Å². The molecule has 1 saturated heterocycles. The number of aliphatic imine (C=N–C) groups is 1. The minimum atomic E-state index is -0.193. The van der Waals surface area contributed by atoms with Crippen molar-refractivity contribution in [2.24, 2.45) is 4.99 Å². The predicted octanol–water partition coefficient (Wildman–Crippen LogP) is 1.76. The van der Waals surface area contributed by atoms with Gasteiger partial charge in [-0.1, -0.05) is 13.8 Å². The molecule has 126 valence electrons. The van der Waals surface area contributed by atoms with Crippen molar-refractivity contribution in [2.75, 3.05) is 45.8 Å². The van der Waals surface area contributed by atoms with Gasteiger partial charge in [-0.3, -0.25) is 4.99 Å². The average molecular weight is 412 g/mol. The number of nitrogens with zero attached hydrogens (tertiary/aromatic N) is 3. The van der Waals surface area contributed by atoms with Crippen molar-refractivity contribution in [3.05, 3.63) is 0 Å². The Kier molecular flexibility index (Phi) is 12.4. The normalized spacial score (nSPS) is 19.0. The minimum Gasteiger partial charge on any atom is -0.391 e. The maximum Gasteiger partial charge on any atom is 0.194 e. The summed E-state index contributed by atoms with van der Waals surface area (Å²) in [5, 5.41) is 12.9. The van der Waals surface area contributed by atoms with E-state index in [9.17, 15) is 5.11 Å². The van der Waals surface area contributed by atoms with Gasteiger partial charge in [-0.05, 0) is 45.8 Å². The first-order valence-corrected chi connectivity index (χ1v) is 8.14. The maximum atomic E-state index is 9.61. The first kappa shape index (κ1) is 20.9. The zero-order valence-corrected chi connectivity index (χ0v) is 16.2. The highest BCUT2D eigenvalue weighted by Crippen LogP contribution is 2.09. The van der Waals surface area contributed by atoms with Gasteiger partial charge in [0.25, 0.3) is 0 Å². The quantitative estimate of drug-likeness (QED) is 0.276. The van der Waals surface area contributed by atoms with Crippen LogP contribution in [0, 0.1) is 0 Å². The fourth-order valence-electron chi connectivity index (χ4n) is 2.53. The molecule has 0 aromatic carbocycles. The van der Waals surface area contributed by atoms with Gasteiger partial charge < -0.3 is 20.2 Å². The van der Waals surface area contributed by atoms with Gasteiger partial charge >= 0.3 is 0 Å². The third-order valence-electron chi connectivity index (χ3n) is 3.84. The zero-order chi connectivity index (χ0) is 14.8. The molecular weight excluding hydrogens is 379 g/mol. The van der Waals surface area contributed by atoms with E-state index in [1.54, 1.807) is 0 Å². The van der Waals surface area contributed by atoms with Crippen LogP contribution >= 0.6 is 24.0 Å². The van der Waals surface area contributed by atoms with E-state index in [1.807, 2.05) is 0 Å². The number of nitrogens with one attached hydrogen (secondary N) is 1. The number of guanidine groups is 1. The number of β-amino-alcohol motifs (C(OH)–C–C–N with tert-alkyl or cyclic N) is 1. The van der Waals surface area contributed by atoms with Crippen LogP contribution in [0.3, 0.4) is 0 Å². The summed E-state index contributed by atoms with van der Waals surface area (Å²) in [5.41, 5.74) is 0. The molecule has 0 amide bonds. The highest BCUT2D eigenvalue weighted by Gasteiger charge is 2.22. The van der Waals surface area contributed by atoms with Gasteiger partial charge in [-0.25, -0.2) is 0 Å². The topological polar surface area (TPSA) is 51.1 Å². The van der Waals surface area contributed by atoms with Gasteiger partial charge in [0.1, 0.15) is 0 Å². The summed E-state index contributed by atoms with van der Waals surface area (Å²) >= 11 is 0. The van der Waals surface area contributed by atoms with Gasteiger partial charge in [-0.15, -0.1) is 24.0 Å². The molecule has 0 radical (unpaired) electrons. The van der Waals surface area contributed by atoms with Crippen LogP contribution in [0.15, 0.2) is 4.99 Å². The second-order valence-electron chi connectivity index (χ2n) is 5.36. The largest absolute Gasteiger partial charge is 0.391 e. The van der Waals surface area contributed by atoms with E-state index >= 15 is 0 Å². The van der Waals surface area contributed by atoms with E-state index in [2.05, 4.69) is 40.9 Å². The lowest BCUT2D eigenvalue weighted by Gasteiger charge is -2.21. The number of halogens is 1. The fraction of sp³-hybridized carbons (Fsp3) is 0.933. The van der Waals surface area contributed by atoms with Crippen LogP contribution in [0.2, 0.25) is 0 Å². The molecule has 0 aromatic heterocycles. The van der Waals surface area contributed by atoms with Crippen molar-refractivity contribution >= 4 is 29.9 Å². The molecule has 6 heteroatoms. The van der Waals surface area contributed by atoms with Crippen LogP contribution in [0.25, 0.3) is 0 Å². The van der Waals surface area contributed by atoms with Crippen molar-refractivity contribution < 1.29 is 5.11 Å². The Hall–Kier alpha value is -0.0800. The van der Waals surface area contributed by atoms with Crippen LogP contribution in [-0.2, 0) is 0 Å². The summed E-state index contributed by atoms with van der Waals surface area (Å²) in [7, 11) is 0. The Morgan fingerprint density at radius 1 is 1.29 bits per heavy atom. The second-order valence-corrected chi connectivity index (χ2v) is 5.36. The summed E-state index contributed by atoms with van der Waals surface area (Å²) in [6.07, 6.45) is 2.99. The molecule has 0 spiro atoms. The number of likely N-dealkylation sites (tertiary alicyclic amines) is 1. The minimum absolute atomic E-state index is 0. The van der Waals surface area contributed by atoms with Gasteiger partial charge in [0.15, 0.2) is 5.96 Å². The monoisotopic (exact) mass is 412 g/mol. The maximum absolute atomic E-state index is 9.61. The first-order valence-electron chi connectivity index (χ1n) is 8.14. The molecule has 1 aliphatic rings. The summed E-state index contributed by atoms with van der Waals surface area (Å²) in [6.45, 7) is 13.3. The molecule has 1 aliphatic heterocycles. The standard InChI is InChI=1S/C15H32N4O.HI/c1-4-16-15(19-12-9-14(20)13-19)17-10-7-8-11-18(5-2)6-3;/h14,20H,4-13H2,1-3H3,(H,16,17);1H/t14-;/m1./s1. The van der Waals surface area contributed by atoms with Gasteiger partial charge in [0.2, 0.25) is 0 Å². The van der Waals surface area contributed by atoms with Crippen LogP contribution in [-0.4, -0.2) is 72.8 Å². The average Bonchev–Trinajstić information content (AvgIpc) is 2.88. The zero-order valence-electron chi connectivity index (χ0n) is 13.8. The van der Waals surface area contributed by atoms with Gasteiger partial charge in [0.05, 0.1) is 6.10 Å². The lowest BCUT2D eigenvalue weighted by Crippen LogP contribution is -2.40. The Labute approximate surface area is 147 Å². The van der Waals surface area contributed by atoms with E-state index in [0.29, 0.717) is 6.54 Å². The van der Waals surface area contributed by atoms with E-state index < -0.39 is 0 Å². The molecule has 0 saturated carbocycles. The number of hydrogen-bond acceptors (Lipinski definition) is 3. The molecule has 0 aliphatic carbocycles. The van der Waals surface area contributed by atoms with Crippen LogP contribution in [0.1, 0.15) is 40.0 Å². The molecular formula is C15H33IN4O. The van der Waals surface area contributed by atoms with Crippen LogP contribution < -0.4 is 5.32 Å². The van der Waals surface area contributed by atoms with E-state index in [0.717, 1.165) is 51.5 Å². The van der Waals surface area contributed by atoms with Crippen molar-refractivity contribution in [2.45, 2.75) is 46.1 Å². The van der Waals surface area contributed by atoms with Crippen molar-refractivity contribution in [3.63, 3.8) is 0 Å². The number of rotatable bonds is 8. The van der Waals surface area contributed by atoms with Crippen molar-refractivity contribution in [1.29, 1.82) is 0 Å². The number of hydrogen-bond donors (Lipinski definition) is 2. The Balaban J connectivity index is 0.00000400. The van der Waals surface area contributed by atoms with E-state index in [4.69, 9.17) is 0 Å². The molecule has 0 unspecified atom stereocenters. The van der Waals surface area contributed by atoms with Crippen LogP contribution in [0.4, 0.5) is 0 Å². The van der Waals surface area contributed by atoms with E-state index in [-0.39, 0.29) is 30.1 Å². The predicted molar refractivity (Wildman–Crippen MR) is 101 cm³/mol. The number of aliphatic hydroxyl groups excluding tert-OH is 1. The van der Waals surface area contributed by atoms with Gasteiger partial charge in [-0.2, -0.15) is 0 Å². The molecule has 1 heterocycles. The van der Waals surface area contributed by atoms with E-state index in [1.165, 1.54) is 13.0 Å². The molecule has 21 heavy (non-hydrogen) atoms. The highest BCUT2D eigenvalue weighted by molar-refractivity contribution is 14.0. The summed E-state index contributed by atoms with van der Waals surface area (Å²) < 4.78 is 0. The Morgan fingerprint density at radius 3 is 2.52 bits per heavy atom.